The quantitative estimate of drug-likeness (QED) is 0.506. The molecule has 0 aromatic carbocycles. The number of hydrogen-bond acceptors (Lipinski definition) is 3. The highest BCUT2D eigenvalue weighted by atomic mass is 16.6. The van der Waals surface area contributed by atoms with Crippen LogP contribution in [0, 0.1) is 0 Å². The lowest BCUT2D eigenvalue weighted by atomic mass is 10.3. The van der Waals surface area contributed by atoms with Crippen molar-refractivity contribution in [3.8, 4) is 0 Å². The molecule has 1 amide bonds. The second-order valence-corrected chi connectivity index (χ2v) is 3.20. The summed E-state index contributed by atoms with van der Waals surface area (Å²) in [5.41, 5.74) is 0. The van der Waals surface area contributed by atoms with Crippen molar-refractivity contribution in [3.05, 3.63) is 0 Å². The summed E-state index contributed by atoms with van der Waals surface area (Å²) in [4.78, 5) is 13.3. The number of amides is 1. The molecule has 68 valence electrons. The van der Waals surface area contributed by atoms with Crippen LogP contribution in [0.3, 0.4) is 0 Å². The molecule has 0 aromatic rings. The monoisotopic (exact) mass is 171 g/mol. The summed E-state index contributed by atoms with van der Waals surface area (Å²) in [7, 11) is 0. The summed E-state index contributed by atoms with van der Waals surface area (Å²) in [6, 6.07) is 0. The molecular weight excluding hydrogens is 158 g/mol. The topological polar surface area (TPSA) is 42.1 Å². The first-order chi connectivity index (χ1) is 5.79. The third kappa shape index (κ3) is 1.44. The van der Waals surface area contributed by atoms with Gasteiger partial charge in [-0.15, -0.1) is 0 Å². The molecule has 0 radical (unpaired) electrons. The first-order valence-corrected chi connectivity index (χ1v) is 4.31. The number of carbonyl (C=O) groups is 1. The number of rotatable bonds is 1. The lowest BCUT2D eigenvalue weighted by molar-refractivity contribution is -0.136. The highest BCUT2D eigenvalue weighted by Crippen LogP contribution is 2.23. The maximum absolute atomic E-state index is 11.5. The molecule has 0 saturated carbocycles. The molecule has 0 unspecified atom stereocenters. The Balaban J connectivity index is 1.86. The van der Waals surface area contributed by atoms with E-state index < -0.39 is 0 Å². The number of epoxide rings is 1. The number of nitrogens with zero attached hydrogens (tertiary/aromatic N) is 1. The number of carbonyl (C=O) groups excluding carboxylic acids is 1. The van der Waals surface area contributed by atoms with Crippen molar-refractivity contribution in [1.82, 2.24) is 4.90 Å². The van der Waals surface area contributed by atoms with E-state index in [-0.39, 0.29) is 18.1 Å². The van der Waals surface area contributed by atoms with Crippen molar-refractivity contribution in [2.45, 2.75) is 19.1 Å². The maximum Gasteiger partial charge on any atom is 0.254 e. The lowest BCUT2D eigenvalue weighted by Crippen LogP contribution is -2.43. The van der Waals surface area contributed by atoms with Crippen molar-refractivity contribution in [3.63, 3.8) is 0 Å². The van der Waals surface area contributed by atoms with Crippen molar-refractivity contribution >= 4 is 5.91 Å². The zero-order chi connectivity index (χ0) is 8.55. The molecule has 2 atom stereocenters. The van der Waals surface area contributed by atoms with Crippen LogP contribution in [0.25, 0.3) is 0 Å². The molecule has 2 aliphatic rings. The molecule has 2 heterocycles. The number of morpholine rings is 1. The fraction of sp³-hybridized carbons (Fsp3) is 0.875. The molecular formula is C8H13NO3. The van der Waals surface area contributed by atoms with Crippen LogP contribution in [0.15, 0.2) is 0 Å². The minimum Gasteiger partial charge on any atom is -0.378 e. The molecule has 0 aliphatic carbocycles. The minimum absolute atomic E-state index is 0.125. The van der Waals surface area contributed by atoms with Crippen molar-refractivity contribution in [2.75, 3.05) is 26.3 Å². The van der Waals surface area contributed by atoms with E-state index in [1.807, 2.05) is 11.8 Å². The van der Waals surface area contributed by atoms with Crippen molar-refractivity contribution in [2.24, 2.45) is 0 Å². The standard InChI is InChI=1S/C8H13NO3/c1-6-7(12-6)8(10)9-2-4-11-5-3-9/h6-7H,2-5H2,1H3/t6-,7+/m0/s1. The Morgan fingerprint density at radius 3 is 2.50 bits per heavy atom. The van der Waals surface area contributed by atoms with Crippen LogP contribution in [0.1, 0.15) is 6.92 Å². The highest BCUT2D eigenvalue weighted by molar-refractivity contribution is 5.83. The predicted octanol–water partition coefficient (Wildman–Crippen LogP) is -0.368. The predicted molar refractivity (Wildman–Crippen MR) is 41.7 cm³/mol. The van der Waals surface area contributed by atoms with Crippen molar-refractivity contribution < 1.29 is 14.3 Å². The van der Waals surface area contributed by atoms with Crippen molar-refractivity contribution in [1.29, 1.82) is 0 Å². The van der Waals surface area contributed by atoms with Gasteiger partial charge in [-0.05, 0) is 6.92 Å². The van der Waals surface area contributed by atoms with Crippen LogP contribution in [0.4, 0.5) is 0 Å². The largest absolute Gasteiger partial charge is 0.378 e. The molecule has 0 spiro atoms. The molecule has 2 aliphatic heterocycles. The smallest absolute Gasteiger partial charge is 0.254 e. The van der Waals surface area contributed by atoms with E-state index in [9.17, 15) is 4.79 Å². The fourth-order valence-electron chi connectivity index (χ4n) is 1.41. The van der Waals surface area contributed by atoms with Gasteiger partial charge in [-0.25, -0.2) is 0 Å². The van der Waals surface area contributed by atoms with Gasteiger partial charge in [-0.1, -0.05) is 0 Å². The Labute approximate surface area is 71.4 Å². The molecule has 2 rings (SSSR count). The zero-order valence-corrected chi connectivity index (χ0v) is 7.16. The summed E-state index contributed by atoms with van der Waals surface area (Å²) in [6.07, 6.45) is -0.0385. The molecule has 4 nitrogen and oxygen atoms in total. The van der Waals surface area contributed by atoms with Crippen LogP contribution in [0.2, 0.25) is 0 Å². The summed E-state index contributed by atoms with van der Waals surface area (Å²) in [5.74, 6) is 0.130. The Morgan fingerprint density at radius 1 is 1.42 bits per heavy atom. The summed E-state index contributed by atoms with van der Waals surface area (Å²) >= 11 is 0. The van der Waals surface area contributed by atoms with Gasteiger partial charge in [-0.3, -0.25) is 4.79 Å². The van der Waals surface area contributed by atoms with Gasteiger partial charge in [0.15, 0.2) is 6.10 Å². The van der Waals surface area contributed by atoms with Gasteiger partial charge in [0.2, 0.25) is 0 Å². The van der Waals surface area contributed by atoms with Gasteiger partial charge in [0, 0.05) is 13.1 Å². The third-order valence-corrected chi connectivity index (χ3v) is 2.28. The minimum atomic E-state index is -0.164. The maximum atomic E-state index is 11.5. The van der Waals surface area contributed by atoms with E-state index in [2.05, 4.69) is 0 Å². The second-order valence-electron chi connectivity index (χ2n) is 3.20. The Bertz CT molecular complexity index is 189. The van der Waals surface area contributed by atoms with Gasteiger partial charge < -0.3 is 14.4 Å². The van der Waals surface area contributed by atoms with Gasteiger partial charge in [0.25, 0.3) is 5.91 Å². The van der Waals surface area contributed by atoms with Crippen LogP contribution in [0.5, 0.6) is 0 Å². The van der Waals surface area contributed by atoms with Gasteiger partial charge in [-0.2, -0.15) is 0 Å². The van der Waals surface area contributed by atoms with Gasteiger partial charge in [0.1, 0.15) is 0 Å². The summed E-state index contributed by atoms with van der Waals surface area (Å²) < 4.78 is 10.2. The average Bonchev–Trinajstić information content (AvgIpc) is 2.83. The first-order valence-electron chi connectivity index (χ1n) is 4.31. The van der Waals surface area contributed by atoms with Gasteiger partial charge >= 0.3 is 0 Å². The first kappa shape index (κ1) is 8.01. The average molecular weight is 171 g/mol. The van der Waals surface area contributed by atoms with Crippen LogP contribution >= 0.6 is 0 Å². The fourth-order valence-corrected chi connectivity index (χ4v) is 1.41. The highest BCUT2D eigenvalue weighted by Gasteiger charge is 2.43. The second kappa shape index (κ2) is 3.03. The number of ether oxygens (including phenoxy) is 2. The van der Waals surface area contributed by atoms with E-state index in [4.69, 9.17) is 9.47 Å². The summed E-state index contributed by atoms with van der Waals surface area (Å²) in [6.45, 7) is 4.67. The molecule has 2 saturated heterocycles. The molecule has 12 heavy (non-hydrogen) atoms. The van der Waals surface area contributed by atoms with E-state index in [1.165, 1.54) is 0 Å². The van der Waals surface area contributed by atoms with E-state index in [1.54, 1.807) is 0 Å². The van der Waals surface area contributed by atoms with E-state index in [0.717, 1.165) is 0 Å². The third-order valence-electron chi connectivity index (χ3n) is 2.28. The SMILES string of the molecule is C[C@@H]1O[C@H]1C(=O)N1CCOCC1. The number of hydrogen-bond donors (Lipinski definition) is 0. The summed E-state index contributed by atoms with van der Waals surface area (Å²) in [5, 5.41) is 0. The molecule has 2 fully saturated rings. The Kier molecular flexibility index (Phi) is 2.02. The lowest BCUT2D eigenvalue weighted by Gasteiger charge is -2.26. The van der Waals surface area contributed by atoms with E-state index >= 15 is 0 Å². The molecule has 0 N–H and O–H groups in total. The van der Waals surface area contributed by atoms with E-state index in [0.29, 0.717) is 26.3 Å². The molecule has 0 bridgehead atoms. The molecule has 4 heteroatoms. The zero-order valence-electron chi connectivity index (χ0n) is 7.16. The normalized spacial score (nSPS) is 34.9. The Morgan fingerprint density at radius 2 is 2.00 bits per heavy atom. The van der Waals surface area contributed by atoms with Crippen LogP contribution < -0.4 is 0 Å². The van der Waals surface area contributed by atoms with Gasteiger partial charge in [0.05, 0.1) is 19.3 Å². The molecule has 0 aromatic heterocycles. The van der Waals surface area contributed by atoms with Crippen LogP contribution in [-0.4, -0.2) is 49.3 Å². The van der Waals surface area contributed by atoms with Crippen LogP contribution in [-0.2, 0) is 14.3 Å². The Hall–Kier alpha value is -0.610.